The van der Waals surface area contributed by atoms with Crippen molar-refractivity contribution in [3.8, 4) is 0 Å². The van der Waals surface area contributed by atoms with Gasteiger partial charge >= 0.3 is 0 Å². The molecule has 1 atom stereocenters. The summed E-state index contributed by atoms with van der Waals surface area (Å²) in [7, 11) is 1.74. The number of anilines is 1. The number of carbonyl (C=O) groups is 3. The van der Waals surface area contributed by atoms with Crippen molar-refractivity contribution in [1.29, 1.82) is 0 Å². The van der Waals surface area contributed by atoms with Gasteiger partial charge in [0, 0.05) is 16.9 Å². The van der Waals surface area contributed by atoms with Crippen LogP contribution < -0.4 is 5.32 Å². The first-order valence-electron chi connectivity index (χ1n) is 9.76. The molecule has 1 aromatic carbocycles. The topological polar surface area (TPSA) is 82.3 Å². The zero-order valence-electron chi connectivity index (χ0n) is 18.6. The minimum Gasteiger partial charge on any atom is -0.355 e. The van der Waals surface area contributed by atoms with Crippen molar-refractivity contribution in [2.24, 2.45) is 0 Å². The molecule has 6 heteroatoms. The van der Waals surface area contributed by atoms with E-state index in [9.17, 15) is 14.4 Å². The van der Waals surface area contributed by atoms with E-state index in [0.29, 0.717) is 22.5 Å². The van der Waals surface area contributed by atoms with Crippen LogP contribution in [-0.4, -0.2) is 47.0 Å². The Balaban J connectivity index is 2.12. The molecule has 2 N–H and O–H groups in total. The lowest BCUT2D eigenvalue weighted by molar-refractivity contribution is -0.117. The molecule has 0 aliphatic heterocycles. The average molecular weight is 398 g/mol. The van der Waals surface area contributed by atoms with E-state index in [4.69, 9.17) is 0 Å². The van der Waals surface area contributed by atoms with E-state index in [0.717, 1.165) is 22.4 Å². The fourth-order valence-corrected chi connectivity index (χ4v) is 3.85. The van der Waals surface area contributed by atoms with Crippen LogP contribution >= 0.6 is 0 Å². The number of hydrogen-bond acceptors (Lipinski definition) is 4. The molecule has 1 heterocycles. The Morgan fingerprint density at radius 3 is 2.10 bits per heavy atom. The van der Waals surface area contributed by atoms with E-state index in [1.54, 1.807) is 32.7 Å². The van der Waals surface area contributed by atoms with Gasteiger partial charge in [0.15, 0.2) is 11.6 Å². The molecule has 0 fully saturated rings. The van der Waals surface area contributed by atoms with E-state index in [2.05, 4.69) is 10.3 Å². The summed E-state index contributed by atoms with van der Waals surface area (Å²) in [5, 5.41) is 2.97. The second kappa shape index (κ2) is 8.74. The van der Waals surface area contributed by atoms with Gasteiger partial charge in [-0.2, -0.15) is 0 Å². The summed E-state index contributed by atoms with van der Waals surface area (Å²) in [4.78, 5) is 42.1. The second-order valence-electron chi connectivity index (χ2n) is 7.96. The molecule has 0 saturated carbocycles. The van der Waals surface area contributed by atoms with Crippen LogP contribution in [-0.2, 0) is 4.79 Å². The maximum atomic E-state index is 13.0. The summed E-state index contributed by atoms with van der Waals surface area (Å²) >= 11 is 0. The summed E-state index contributed by atoms with van der Waals surface area (Å²) in [6.07, 6.45) is 0. The third kappa shape index (κ3) is 4.82. The average Bonchev–Trinajstić information content (AvgIpc) is 2.91. The zero-order valence-corrected chi connectivity index (χ0v) is 18.6. The molecule has 0 aliphatic carbocycles. The Morgan fingerprint density at radius 1 is 1.07 bits per heavy atom. The Kier molecular flexibility index (Phi) is 6.80. The maximum absolute atomic E-state index is 13.0. The molecule has 0 radical (unpaired) electrons. The lowest BCUT2D eigenvalue weighted by atomic mass is 10.0. The van der Waals surface area contributed by atoms with Gasteiger partial charge in [0.05, 0.1) is 18.3 Å². The molecule has 2 aromatic rings. The predicted octanol–water partition coefficient (Wildman–Crippen LogP) is 3.90. The molecule has 1 amide bonds. The number of amides is 1. The van der Waals surface area contributed by atoms with Gasteiger partial charge in [0.2, 0.25) is 5.91 Å². The molecule has 0 bridgehead atoms. The highest BCUT2D eigenvalue weighted by Gasteiger charge is 2.27. The third-order valence-electron chi connectivity index (χ3n) is 5.41. The van der Waals surface area contributed by atoms with Crippen LogP contribution in [0.4, 0.5) is 5.69 Å². The number of ketones is 2. The number of likely N-dealkylation sites (N-methyl/N-ethyl adjacent to an activating group) is 1. The normalized spacial score (nSPS) is 12.2. The smallest absolute Gasteiger partial charge is 0.238 e. The fourth-order valence-electron chi connectivity index (χ4n) is 3.85. The van der Waals surface area contributed by atoms with Crippen LogP contribution in [0.15, 0.2) is 12.1 Å². The summed E-state index contributed by atoms with van der Waals surface area (Å²) in [5.41, 5.74) is 6.33. The highest BCUT2D eigenvalue weighted by Crippen LogP contribution is 2.23. The first-order chi connectivity index (χ1) is 13.4. The number of rotatable bonds is 7. The SMILES string of the molecule is CC(=O)c1c(C)[nH]c(C(=O)C(C)N(C)CC(=O)Nc2c(C)cc(C)cc2C)c1C. The lowest BCUT2D eigenvalue weighted by Gasteiger charge is -2.23. The molecule has 0 spiro atoms. The molecule has 1 aromatic heterocycles. The Bertz CT molecular complexity index is 949. The van der Waals surface area contributed by atoms with Crippen LogP contribution in [0, 0.1) is 34.6 Å². The number of H-pyrrole nitrogens is 1. The largest absolute Gasteiger partial charge is 0.355 e. The molecule has 2 rings (SSSR count). The molecule has 0 aliphatic rings. The van der Waals surface area contributed by atoms with Crippen molar-refractivity contribution in [2.45, 2.75) is 54.5 Å². The van der Waals surface area contributed by atoms with E-state index < -0.39 is 6.04 Å². The standard InChI is InChI=1S/C23H31N3O3/c1-12-9-13(2)21(14(3)10-12)25-19(28)11-26(8)17(6)23(29)22-15(4)20(18(7)27)16(5)24-22/h9-10,17,24H,11H2,1-8H3,(H,25,28). The van der Waals surface area contributed by atoms with Crippen molar-refractivity contribution in [1.82, 2.24) is 9.88 Å². The molecule has 29 heavy (non-hydrogen) atoms. The number of aromatic amines is 1. The molecule has 6 nitrogen and oxygen atoms in total. The minimum atomic E-state index is -0.516. The summed E-state index contributed by atoms with van der Waals surface area (Å²) in [5.74, 6) is -0.387. The number of aromatic nitrogens is 1. The van der Waals surface area contributed by atoms with Crippen LogP contribution in [0.2, 0.25) is 0 Å². The van der Waals surface area contributed by atoms with Gasteiger partial charge in [-0.1, -0.05) is 17.7 Å². The van der Waals surface area contributed by atoms with Crippen LogP contribution in [0.25, 0.3) is 0 Å². The van der Waals surface area contributed by atoms with Gasteiger partial charge in [-0.25, -0.2) is 0 Å². The van der Waals surface area contributed by atoms with Crippen LogP contribution in [0.1, 0.15) is 62.6 Å². The number of hydrogen-bond donors (Lipinski definition) is 2. The Morgan fingerprint density at radius 2 is 1.62 bits per heavy atom. The van der Waals surface area contributed by atoms with Crippen molar-refractivity contribution in [3.05, 3.63) is 51.3 Å². The molecule has 0 saturated heterocycles. The fraction of sp³-hybridized carbons (Fsp3) is 0.435. The highest BCUT2D eigenvalue weighted by atomic mass is 16.2. The van der Waals surface area contributed by atoms with E-state index >= 15 is 0 Å². The molecule has 156 valence electrons. The number of benzene rings is 1. The van der Waals surface area contributed by atoms with Gasteiger partial charge in [-0.3, -0.25) is 19.3 Å². The predicted molar refractivity (Wildman–Crippen MR) is 116 cm³/mol. The van der Waals surface area contributed by atoms with E-state index in [1.165, 1.54) is 6.92 Å². The first kappa shape index (κ1) is 22.6. The minimum absolute atomic E-state index is 0.0699. The van der Waals surface area contributed by atoms with Crippen molar-refractivity contribution >= 4 is 23.2 Å². The summed E-state index contributed by atoms with van der Waals surface area (Å²) in [6.45, 7) is 12.9. The third-order valence-corrected chi connectivity index (χ3v) is 5.41. The molecule has 1 unspecified atom stereocenters. The van der Waals surface area contributed by atoms with Crippen LogP contribution in [0.3, 0.4) is 0 Å². The number of aryl methyl sites for hydroxylation is 4. The van der Waals surface area contributed by atoms with Gasteiger partial charge in [0.25, 0.3) is 0 Å². The van der Waals surface area contributed by atoms with Gasteiger partial charge < -0.3 is 10.3 Å². The quantitative estimate of drug-likeness (QED) is 0.694. The van der Waals surface area contributed by atoms with Gasteiger partial charge in [-0.15, -0.1) is 0 Å². The first-order valence-corrected chi connectivity index (χ1v) is 9.76. The molecular weight excluding hydrogens is 366 g/mol. The monoisotopic (exact) mass is 397 g/mol. The highest BCUT2D eigenvalue weighted by molar-refractivity contribution is 6.05. The summed E-state index contributed by atoms with van der Waals surface area (Å²) in [6, 6.07) is 3.54. The zero-order chi connectivity index (χ0) is 22.0. The van der Waals surface area contributed by atoms with Crippen molar-refractivity contribution < 1.29 is 14.4 Å². The van der Waals surface area contributed by atoms with E-state index in [1.807, 2.05) is 32.9 Å². The second-order valence-corrected chi connectivity index (χ2v) is 7.96. The Hall–Kier alpha value is -2.73. The molecular formula is C23H31N3O3. The van der Waals surface area contributed by atoms with E-state index in [-0.39, 0.29) is 24.0 Å². The number of Topliss-reactive ketones (excluding diaryl/α,β-unsaturated/α-hetero) is 2. The summed E-state index contributed by atoms with van der Waals surface area (Å²) < 4.78 is 0. The van der Waals surface area contributed by atoms with Crippen molar-refractivity contribution in [2.75, 3.05) is 18.9 Å². The van der Waals surface area contributed by atoms with Crippen molar-refractivity contribution in [3.63, 3.8) is 0 Å². The number of nitrogens with zero attached hydrogens (tertiary/aromatic N) is 1. The maximum Gasteiger partial charge on any atom is 0.238 e. The lowest BCUT2D eigenvalue weighted by Crippen LogP contribution is -2.41. The van der Waals surface area contributed by atoms with Gasteiger partial charge in [0.1, 0.15) is 0 Å². The van der Waals surface area contributed by atoms with Crippen LogP contribution in [0.5, 0.6) is 0 Å². The number of nitrogens with one attached hydrogen (secondary N) is 2. The Labute approximate surface area is 172 Å². The number of carbonyl (C=O) groups excluding carboxylic acids is 3. The van der Waals surface area contributed by atoms with Gasteiger partial charge in [-0.05, 0) is 72.2 Å².